The highest BCUT2D eigenvalue weighted by Crippen LogP contribution is 2.18. The van der Waals surface area contributed by atoms with Crippen molar-refractivity contribution in [3.63, 3.8) is 0 Å². The van der Waals surface area contributed by atoms with Crippen LogP contribution in [0.4, 0.5) is 8.78 Å². The minimum absolute atomic E-state index is 0.139. The highest BCUT2D eigenvalue weighted by molar-refractivity contribution is 5.78. The Morgan fingerprint density at radius 2 is 1.80 bits per heavy atom. The lowest BCUT2D eigenvalue weighted by Crippen LogP contribution is -2.36. The van der Waals surface area contributed by atoms with E-state index in [2.05, 4.69) is 5.32 Å². The lowest BCUT2D eigenvalue weighted by atomic mass is 10.2. The summed E-state index contributed by atoms with van der Waals surface area (Å²) in [5, 5.41) is 2.80. The van der Waals surface area contributed by atoms with Crippen molar-refractivity contribution in [1.82, 2.24) is 10.2 Å². The minimum atomic E-state index is -0.420. The molecule has 0 aliphatic carbocycles. The van der Waals surface area contributed by atoms with E-state index in [4.69, 9.17) is 4.74 Å². The van der Waals surface area contributed by atoms with Crippen LogP contribution in [-0.4, -0.2) is 31.0 Å². The maximum atomic E-state index is 13.8. The normalized spacial score (nSPS) is 10.8. The van der Waals surface area contributed by atoms with Gasteiger partial charge in [-0.25, -0.2) is 8.78 Å². The topological polar surface area (TPSA) is 41.6 Å². The van der Waals surface area contributed by atoms with Gasteiger partial charge in [0.25, 0.3) is 0 Å². The molecule has 0 saturated carbocycles. The molecule has 6 heteroatoms. The van der Waals surface area contributed by atoms with Crippen molar-refractivity contribution in [2.75, 3.05) is 20.2 Å². The monoisotopic (exact) mass is 348 g/mol. The SMILES string of the molecule is CCN(CC(=O)NCc1ccc(F)cc1)Cc1ccc(OC)c(F)c1. The number of benzene rings is 2. The van der Waals surface area contributed by atoms with Crippen LogP contribution in [-0.2, 0) is 17.9 Å². The maximum absolute atomic E-state index is 13.8. The lowest BCUT2D eigenvalue weighted by Gasteiger charge is -2.20. The molecular weight excluding hydrogens is 326 g/mol. The Morgan fingerprint density at radius 1 is 1.12 bits per heavy atom. The number of likely N-dealkylation sites (N-methyl/N-ethyl adjacent to an activating group) is 1. The molecule has 0 atom stereocenters. The first-order chi connectivity index (χ1) is 12.0. The van der Waals surface area contributed by atoms with Gasteiger partial charge in [-0.15, -0.1) is 0 Å². The Bertz CT molecular complexity index is 705. The molecule has 134 valence electrons. The molecule has 0 unspecified atom stereocenters. The molecule has 2 rings (SSSR count). The van der Waals surface area contributed by atoms with E-state index in [1.165, 1.54) is 25.3 Å². The van der Waals surface area contributed by atoms with Gasteiger partial charge in [0.05, 0.1) is 13.7 Å². The number of nitrogens with one attached hydrogen (secondary N) is 1. The summed E-state index contributed by atoms with van der Waals surface area (Å²) in [5.41, 5.74) is 1.60. The molecule has 1 N–H and O–H groups in total. The number of rotatable bonds is 8. The first kappa shape index (κ1) is 18.9. The number of carbonyl (C=O) groups is 1. The van der Waals surface area contributed by atoms with Crippen molar-refractivity contribution in [1.29, 1.82) is 0 Å². The van der Waals surface area contributed by atoms with Gasteiger partial charge in [-0.05, 0) is 41.9 Å². The molecule has 4 nitrogen and oxygen atoms in total. The van der Waals surface area contributed by atoms with Crippen LogP contribution in [0.25, 0.3) is 0 Å². The van der Waals surface area contributed by atoms with Crippen LogP contribution in [0.1, 0.15) is 18.1 Å². The minimum Gasteiger partial charge on any atom is -0.494 e. The molecule has 25 heavy (non-hydrogen) atoms. The van der Waals surface area contributed by atoms with Gasteiger partial charge >= 0.3 is 0 Å². The first-order valence-electron chi connectivity index (χ1n) is 8.07. The predicted molar refractivity (Wildman–Crippen MR) is 92.1 cm³/mol. The van der Waals surface area contributed by atoms with E-state index in [1.807, 2.05) is 11.8 Å². The molecule has 2 aromatic carbocycles. The van der Waals surface area contributed by atoms with Gasteiger partial charge in [0.2, 0.25) is 5.91 Å². The van der Waals surface area contributed by atoms with E-state index < -0.39 is 5.82 Å². The fourth-order valence-corrected chi connectivity index (χ4v) is 2.41. The van der Waals surface area contributed by atoms with Crippen molar-refractivity contribution in [2.24, 2.45) is 0 Å². The molecule has 1 amide bonds. The summed E-state index contributed by atoms with van der Waals surface area (Å²) in [5.74, 6) is -0.667. The van der Waals surface area contributed by atoms with Gasteiger partial charge in [-0.1, -0.05) is 25.1 Å². The van der Waals surface area contributed by atoms with Crippen molar-refractivity contribution < 1.29 is 18.3 Å². The molecule has 0 radical (unpaired) electrons. The molecule has 2 aromatic rings. The summed E-state index contributed by atoms with van der Waals surface area (Å²) in [6.45, 7) is 3.59. The maximum Gasteiger partial charge on any atom is 0.234 e. The highest BCUT2D eigenvalue weighted by atomic mass is 19.1. The van der Waals surface area contributed by atoms with Crippen LogP contribution in [0, 0.1) is 11.6 Å². The number of hydrogen-bond donors (Lipinski definition) is 1. The second-order valence-corrected chi connectivity index (χ2v) is 5.68. The Balaban J connectivity index is 1.86. The molecule has 0 fully saturated rings. The summed E-state index contributed by atoms with van der Waals surface area (Å²) in [4.78, 5) is 14.0. The van der Waals surface area contributed by atoms with E-state index >= 15 is 0 Å². The van der Waals surface area contributed by atoms with Gasteiger partial charge < -0.3 is 10.1 Å². The number of methoxy groups -OCH3 is 1. The molecule has 0 heterocycles. The van der Waals surface area contributed by atoms with Crippen molar-refractivity contribution >= 4 is 5.91 Å². The average Bonchev–Trinajstić information content (AvgIpc) is 2.61. The van der Waals surface area contributed by atoms with Gasteiger partial charge in [0.15, 0.2) is 11.6 Å². The van der Waals surface area contributed by atoms with E-state index in [-0.39, 0.29) is 24.0 Å². The van der Waals surface area contributed by atoms with E-state index in [1.54, 1.807) is 24.3 Å². The molecule has 0 aromatic heterocycles. The first-order valence-corrected chi connectivity index (χ1v) is 8.07. The number of ether oxygens (including phenoxy) is 1. The zero-order valence-electron chi connectivity index (χ0n) is 14.4. The number of halogens is 2. The third kappa shape index (κ3) is 5.83. The molecule has 0 spiro atoms. The fraction of sp³-hybridized carbons (Fsp3) is 0.316. The summed E-state index contributed by atoms with van der Waals surface area (Å²) in [6, 6.07) is 10.8. The quantitative estimate of drug-likeness (QED) is 0.797. The van der Waals surface area contributed by atoms with Crippen LogP contribution < -0.4 is 10.1 Å². The molecule has 0 aliphatic rings. The van der Waals surface area contributed by atoms with Gasteiger partial charge in [0.1, 0.15) is 5.82 Å². The summed E-state index contributed by atoms with van der Waals surface area (Å²) in [7, 11) is 1.42. The number of hydrogen-bond acceptors (Lipinski definition) is 3. The van der Waals surface area contributed by atoms with Crippen LogP contribution >= 0.6 is 0 Å². The second kappa shape index (κ2) is 9.13. The predicted octanol–water partition coefficient (Wildman–Crippen LogP) is 3.11. The Hall–Kier alpha value is -2.47. The van der Waals surface area contributed by atoms with Gasteiger partial charge in [-0.2, -0.15) is 0 Å². The Kier molecular flexibility index (Phi) is 6.89. The molecule has 0 bridgehead atoms. The lowest BCUT2D eigenvalue weighted by molar-refractivity contribution is -0.122. The summed E-state index contributed by atoms with van der Waals surface area (Å²) >= 11 is 0. The number of amides is 1. The zero-order chi connectivity index (χ0) is 18.2. The highest BCUT2D eigenvalue weighted by Gasteiger charge is 2.11. The van der Waals surface area contributed by atoms with E-state index in [9.17, 15) is 13.6 Å². The summed E-state index contributed by atoms with van der Waals surface area (Å²) < 4.78 is 31.5. The van der Waals surface area contributed by atoms with E-state index in [0.717, 1.165) is 11.1 Å². The van der Waals surface area contributed by atoms with E-state index in [0.29, 0.717) is 19.6 Å². The smallest absolute Gasteiger partial charge is 0.234 e. The van der Waals surface area contributed by atoms with Crippen LogP contribution in [0.5, 0.6) is 5.75 Å². The fourth-order valence-electron chi connectivity index (χ4n) is 2.41. The Labute approximate surface area is 146 Å². The third-order valence-electron chi connectivity index (χ3n) is 3.84. The van der Waals surface area contributed by atoms with Crippen molar-refractivity contribution in [3.05, 3.63) is 65.2 Å². The Morgan fingerprint density at radius 3 is 2.40 bits per heavy atom. The van der Waals surface area contributed by atoms with Crippen LogP contribution in [0.2, 0.25) is 0 Å². The number of nitrogens with zero attached hydrogens (tertiary/aromatic N) is 1. The van der Waals surface area contributed by atoms with Crippen LogP contribution in [0.3, 0.4) is 0 Å². The second-order valence-electron chi connectivity index (χ2n) is 5.68. The largest absolute Gasteiger partial charge is 0.494 e. The standard InChI is InChI=1S/C19H22F2N2O2/c1-3-23(12-15-6-9-18(25-2)17(21)10-15)13-19(24)22-11-14-4-7-16(20)8-5-14/h4-10H,3,11-13H2,1-2H3,(H,22,24). The summed E-state index contributed by atoms with van der Waals surface area (Å²) in [6.07, 6.45) is 0. The van der Waals surface area contributed by atoms with Crippen molar-refractivity contribution in [2.45, 2.75) is 20.0 Å². The van der Waals surface area contributed by atoms with Gasteiger partial charge in [0, 0.05) is 13.1 Å². The molecule has 0 aliphatic heterocycles. The average molecular weight is 348 g/mol. The number of carbonyl (C=O) groups excluding carboxylic acids is 1. The van der Waals surface area contributed by atoms with Gasteiger partial charge in [-0.3, -0.25) is 9.69 Å². The molecular formula is C19H22F2N2O2. The van der Waals surface area contributed by atoms with Crippen molar-refractivity contribution in [3.8, 4) is 5.75 Å². The zero-order valence-corrected chi connectivity index (χ0v) is 14.4. The third-order valence-corrected chi connectivity index (χ3v) is 3.84. The molecule has 0 saturated heterocycles. The van der Waals surface area contributed by atoms with Crippen LogP contribution in [0.15, 0.2) is 42.5 Å².